The smallest absolute Gasteiger partial charge is 0.329 e. The monoisotopic (exact) mass is 248 g/mol. The number of hydrogen-bond donors (Lipinski definition) is 0. The third kappa shape index (κ3) is 0.866. The fourth-order valence-corrected chi connectivity index (χ4v) is 4.79. The minimum Gasteiger partial charge on any atom is -0.452 e. The summed E-state index contributed by atoms with van der Waals surface area (Å²) in [6.45, 7) is 0. The van der Waals surface area contributed by atoms with Gasteiger partial charge in [-0.2, -0.15) is 0 Å². The first-order chi connectivity index (χ1) is 8.20. The van der Waals surface area contributed by atoms with Crippen molar-refractivity contribution in [1.29, 1.82) is 0 Å². The molecule has 3 heteroatoms. The first-order valence-corrected chi connectivity index (χ1v) is 6.56. The lowest BCUT2D eigenvalue weighted by atomic mass is 9.47. The van der Waals surface area contributed by atoms with Crippen LogP contribution in [0.4, 0.5) is 0 Å². The van der Waals surface area contributed by atoms with Gasteiger partial charge in [0.2, 0.25) is 0 Å². The molecule has 4 bridgehead atoms. The molecule has 0 radical (unpaired) electrons. The van der Waals surface area contributed by atoms with Crippen molar-refractivity contribution in [2.45, 2.75) is 29.7 Å². The number of halogens is 1. The molecule has 1 aromatic rings. The first kappa shape index (κ1) is 9.95. The number of hydrogen-bond acceptors (Lipinski definition) is 2. The van der Waals surface area contributed by atoms with E-state index < -0.39 is 10.5 Å². The molecule has 17 heavy (non-hydrogen) atoms. The van der Waals surface area contributed by atoms with Crippen LogP contribution in [0.15, 0.2) is 30.3 Å². The highest BCUT2D eigenvalue weighted by molar-refractivity contribution is 6.37. The van der Waals surface area contributed by atoms with Gasteiger partial charge in [0.05, 0.1) is 0 Å². The number of carbonyl (C=O) groups excluding carboxylic acids is 1. The standard InChI is InChI=1S/C14H13ClO2/c15-13-10-7-4-8-11(13)14(10,17-12(13)16)9-5-2-1-3-6-9/h1-3,5-6,10-11H,4,7-8H2/t10-,11+,13?,14?. The zero-order valence-electron chi connectivity index (χ0n) is 9.36. The van der Waals surface area contributed by atoms with Gasteiger partial charge in [0.15, 0.2) is 4.87 Å². The molecule has 0 spiro atoms. The van der Waals surface area contributed by atoms with Gasteiger partial charge in [0.1, 0.15) is 5.60 Å². The molecule has 2 aliphatic carbocycles. The summed E-state index contributed by atoms with van der Waals surface area (Å²) in [5, 5.41) is 0. The summed E-state index contributed by atoms with van der Waals surface area (Å²) in [5.74, 6) is 0.147. The number of ether oxygens (including phenoxy) is 1. The van der Waals surface area contributed by atoms with Crippen LogP contribution in [0, 0.1) is 11.8 Å². The summed E-state index contributed by atoms with van der Waals surface area (Å²) in [6, 6.07) is 10.1. The maximum atomic E-state index is 12.0. The number of fused-ring (bicyclic) bond motifs is 1. The number of esters is 1. The number of benzene rings is 1. The summed E-state index contributed by atoms with van der Waals surface area (Å²) < 4.78 is 5.71. The van der Waals surface area contributed by atoms with E-state index in [0.29, 0.717) is 0 Å². The van der Waals surface area contributed by atoms with Gasteiger partial charge in [0.25, 0.3) is 0 Å². The average molecular weight is 249 g/mol. The van der Waals surface area contributed by atoms with Gasteiger partial charge in [0, 0.05) is 11.8 Å². The molecule has 2 aliphatic heterocycles. The van der Waals surface area contributed by atoms with E-state index in [2.05, 4.69) is 12.1 Å². The average Bonchev–Trinajstić information content (AvgIpc) is 2.77. The van der Waals surface area contributed by atoms with Crippen LogP contribution in [0.25, 0.3) is 0 Å². The zero-order valence-corrected chi connectivity index (χ0v) is 10.1. The summed E-state index contributed by atoms with van der Waals surface area (Å²) in [4.78, 5) is 11.3. The molecule has 4 aliphatic rings. The Labute approximate surface area is 105 Å². The molecule has 2 unspecified atom stereocenters. The summed E-state index contributed by atoms with van der Waals surface area (Å²) >= 11 is 6.52. The molecular weight excluding hydrogens is 236 g/mol. The van der Waals surface area contributed by atoms with Gasteiger partial charge in [-0.25, -0.2) is 0 Å². The van der Waals surface area contributed by atoms with E-state index in [0.717, 1.165) is 24.8 Å². The van der Waals surface area contributed by atoms with Crippen molar-refractivity contribution in [3.8, 4) is 0 Å². The van der Waals surface area contributed by atoms with Crippen molar-refractivity contribution in [3.05, 3.63) is 35.9 Å². The predicted octanol–water partition coefficient (Wildman–Crippen LogP) is 2.85. The topological polar surface area (TPSA) is 26.3 Å². The van der Waals surface area contributed by atoms with E-state index in [1.807, 2.05) is 18.2 Å². The lowest BCUT2D eigenvalue weighted by Gasteiger charge is -2.58. The minimum absolute atomic E-state index is 0.172. The Kier molecular flexibility index (Phi) is 1.68. The third-order valence-corrected chi connectivity index (χ3v) is 5.52. The van der Waals surface area contributed by atoms with Crippen LogP contribution >= 0.6 is 11.6 Å². The van der Waals surface area contributed by atoms with Gasteiger partial charge in [-0.3, -0.25) is 4.79 Å². The molecule has 5 rings (SSSR count). The normalized spacial score (nSPS) is 46.3. The molecule has 0 N–H and O–H groups in total. The van der Waals surface area contributed by atoms with Crippen molar-refractivity contribution >= 4 is 17.6 Å². The molecule has 2 nitrogen and oxygen atoms in total. The third-order valence-electron chi connectivity index (χ3n) is 4.83. The van der Waals surface area contributed by atoms with Gasteiger partial charge in [-0.05, 0) is 18.4 Å². The number of carbonyl (C=O) groups is 1. The summed E-state index contributed by atoms with van der Waals surface area (Å²) in [6.07, 6.45) is 3.16. The second-order valence-electron chi connectivity index (χ2n) is 5.35. The maximum Gasteiger partial charge on any atom is 0.329 e. The zero-order chi connectivity index (χ0) is 11.7. The van der Waals surface area contributed by atoms with Crippen LogP contribution in [-0.4, -0.2) is 10.8 Å². The fourth-order valence-electron chi connectivity index (χ4n) is 4.21. The van der Waals surface area contributed by atoms with Crippen LogP contribution in [0.2, 0.25) is 0 Å². The highest BCUT2D eigenvalue weighted by Crippen LogP contribution is 2.74. The Hall–Kier alpha value is -1.02. The number of rotatable bonds is 1. The maximum absolute atomic E-state index is 12.0. The van der Waals surface area contributed by atoms with Crippen LogP contribution in [0.5, 0.6) is 0 Å². The minimum atomic E-state index is -0.714. The van der Waals surface area contributed by atoms with Crippen molar-refractivity contribution in [1.82, 2.24) is 0 Å². The van der Waals surface area contributed by atoms with Crippen LogP contribution in [-0.2, 0) is 15.1 Å². The Morgan fingerprint density at radius 3 is 2.47 bits per heavy atom. The van der Waals surface area contributed by atoms with E-state index >= 15 is 0 Å². The SMILES string of the molecule is O=C1OC2(c3ccccc3)[C@@H]3CCC[C@H]2C13Cl. The van der Waals surface area contributed by atoms with E-state index in [-0.39, 0.29) is 17.8 Å². The van der Waals surface area contributed by atoms with E-state index in [1.165, 1.54) is 0 Å². The Bertz CT molecular complexity index is 484. The highest BCUT2D eigenvalue weighted by Gasteiger charge is 2.83. The van der Waals surface area contributed by atoms with Crippen molar-refractivity contribution < 1.29 is 9.53 Å². The first-order valence-electron chi connectivity index (χ1n) is 6.18. The fraction of sp³-hybridized carbons (Fsp3) is 0.500. The molecule has 2 saturated carbocycles. The molecule has 4 atom stereocenters. The van der Waals surface area contributed by atoms with Crippen molar-refractivity contribution in [2.24, 2.45) is 11.8 Å². The van der Waals surface area contributed by atoms with E-state index in [4.69, 9.17) is 16.3 Å². The highest BCUT2D eigenvalue weighted by atomic mass is 35.5. The van der Waals surface area contributed by atoms with Crippen molar-refractivity contribution in [2.75, 3.05) is 0 Å². The van der Waals surface area contributed by atoms with Gasteiger partial charge < -0.3 is 4.74 Å². The lowest BCUT2D eigenvalue weighted by Crippen LogP contribution is -2.66. The second kappa shape index (κ2) is 2.86. The molecule has 2 heterocycles. The summed E-state index contributed by atoms with van der Waals surface area (Å²) in [7, 11) is 0. The Morgan fingerprint density at radius 1 is 1.18 bits per heavy atom. The number of alkyl halides is 1. The molecule has 1 aromatic carbocycles. The predicted molar refractivity (Wildman–Crippen MR) is 63.6 cm³/mol. The van der Waals surface area contributed by atoms with Crippen molar-refractivity contribution in [3.63, 3.8) is 0 Å². The molecule has 2 saturated heterocycles. The molecule has 0 amide bonds. The lowest BCUT2D eigenvalue weighted by molar-refractivity contribution is -0.154. The van der Waals surface area contributed by atoms with Gasteiger partial charge in [-0.1, -0.05) is 36.8 Å². The van der Waals surface area contributed by atoms with Gasteiger partial charge >= 0.3 is 5.97 Å². The molecular formula is C14H13ClO2. The molecule has 4 fully saturated rings. The Balaban J connectivity index is 1.89. The van der Waals surface area contributed by atoms with Gasteiger partial charge in [-0.15, -0.1) is 11.6 Å². The molecule has 88 valence electrons. The van der Waals surface area contributed by atoms with Crippen LogP contribution < -0.4 is 0 Å². The summed E-state index contributed by atoms with van der Waals surface area (Å²) in [5.41, 5.74) is 0.718. The molecule has 0 aromatic heterocycles. The van der Waals surface area contributed by atoms with Crippen LogP contribution in [0.3, 0.4) is 0 Å². The quantitative estimate of drug-likeness (QED) is 0.564. The second-order valence-corrected chi connectivity index (χ2v) is 5.98. The van der Waals surface area contributed by atoms with E-state index in [1.54, 1.807) is 0 Å². The largest absolute Gasteiger partial charge is 0.452 e. The Morgan fingerprint density at radius 2 is 1.82 bits per heavy atom. The van der Waals surface area contributed by atoms with E-state index in [9.17, 15) is 4.79 Å². The van der Waals surface area contributed by atoms with Crippen LogP contribution in [0.1, 0.15) is 24.8 Å².